The first-order valence-corrected chi connectivity index (χ1v) is 9.32. The second-order valence-corrected chi connectivity index (χ2v) is 6.90. The van der Waals surface area contributed by atoms with Crippen molar-refractivity contribution in [1.82, 2.24) is 9.38 Å². The van der Waals surface area contributed by atoms with Crippen molar-refractivity contribution in [3.63, 3.8) is 0 Å². The summed E-state index contributed by atoms with van der Waals surface area (Å²) >= 11 is 1.50. The molecule has 0 fully saturated rings. The Balaban J connectivity index is 1.33. The molecule has 2 heterocycles. The van der Waals surface area contributed by atoms with Gasteiger partial charge in [-0.2, -0.15) is 0 Å². The SMILES string of the molecule is O=C(Cc1cn2ccsc2n1)OCC(=O)c1ccc(-c2ccccc2)cc1. The number of rotatable bonds is 6. The number of benzene rings is 2. The highest BCUT2D eigenvalue weighted by Crippen LogP contribution is 2.19. The number of ketones is 1. The lowest BCUT2D eigenvalue weighted by atomic mass is 10.0. The maximum Gasteiger partial charge on any atom is 0.312 e. The number of carbonyl (C=O) groups excluding carboxylic acids is 2. The monoisotopic (exact) mass is 376 g/mol. The third-order valence-corrected chi connectivity index (χ3v) is 4.92. The molecule has 0 N–H and O–H groups in total. The van der Waals surface area contributed by atoms with Gasteiger partial charge in [0.2, 0.25) is 0 Å². The van der Waals surface area contributed by atoms with Crippen molar-refractivity contribution in [2.75, 3.05) is 6.61 Å². The predicted molar refractivity (Wildman–Crippen MR) is 104 cm³/mol. The molecule has 2 aromatic heterocycles. The lowest BCUT2D eigenvalue weighted by Crippen LogP contribution is -2.15. The van der Waals surface area contributed by atoms with E-state index in [9.17, 15) is 9.59 Å². The quantitative estimate of drug-likeness (QED) is 0.376. The van der Waals surface area contributed by atoms with Gasteiger partial charge in [0.1, 0.15) is 0 Å². The fourth-order valence-electron chi connectivity index (χ4n) is 2.77. The van der Waals surface area contributed by atoms with Crippen molar-refractivity contribution in [2.45, 2.75) is 6.42 Å². The second-order valence-electron chi connectivity index (χ2n) is 6.03. The largest absolute Gasteiger partial charge is 0.457 e. The summed E-state index contributed by atoms with van der Waals surface area (Å²) in [6, 6.07) is 17.2. The Bertz CT molecular complexity index is 1050. The minimum absolute atomic E-state index is 0.0502. The highest BCUT2D eigenvalue weighted by molar-refractivity contribution is 7.15. The molecule has 0 saturated carbocycles. The smallest absolute Gasteiger partial charge is 0.312 e. The lowest BCUT2D eigenvalue weighted by Gasteiger charge is -2.05. The number of ether oxygens (including phenoxy) is 1. The van der Waals surface area contributed by atoms with Crippen LogP contribution >= 0.6 is 11.3 Å². The molecule has 0 unspecified atom stereocenters. The van der Waals surface area contributed by atoms with E-state index in [2.05, 4.69) is 4.98 Å². The van der Waals surface area contributed by atoms with E-state index in [0.29, 0.717) is 11.3 Å². The summed E-state index contributed by atoms with van der Waals surface area (Å²) in [5.74, 6) is -0.691. The normalized spacial score (nSPS) is 10.8. The molecule has 27 heavy (non-hydrogen) atoms. The first kappa shape index (κ1) is 17.2. The van der Waals surface area contributed by atoms with Gasteiger partial charge in [-0.25, -0.2) is 4.98 Å². The van der Waals surface area contributed by atoms with Gasteiger partial charge in [-0.3, -0.25) is 14.0 Å². The van der Waals surface area contributed by atoms with E-state index in [1.54, 1.807) is 18.3 Å². The topological polar surface area (TPSA) is 60.7 Å². The zero-order valence-electron chi connectivity index (χ0n) is 14.4. The number of imidazole rings is 1. The van der Waals surface area contributed by atoms with Crippen molar-refractivity contribution in [3.05, 3.63) is 83.6 Å². The van der Waals surface area contributed by atoms with Gasteiger partial charge in [0.25, 0.3) is 0 Å². The number of hydrogen-bond donors (Lipinski definition) is 0. The summed E-state index contributed by atoms with van der Waals surface area (Å²) in [7, 11) is 0. The third-order valence-electron chi connectivity index (χ3n) is 4.15. The minimum Gasteiger partial charge on any atom is -0.457 e. The molecule has 0 aliphatic carbocycles. The predicted octanol–water partition coefficient (Wildman–Crippen LogP) is 4.03. The zero-order chi connectivity index (χ0) is 18.6. The number of hydrogen-bond acceptors (Lipinski definition) is 5. The van der Waals surface area contributed by atoms with Crippen LogP contribution in [0.4, 0.5) is 0 Å². The van der Waals surface area contributed by atoms with Crippen molar-refractivity contribution >= 4 is 28.1 Å². The lowest BCUT2D eigenvalue weighted by molar-refractivity contribution is -0.141. The van der Waals surface area contributed by atoms with E-state index in [4.69, 9.17) is 4.74 Å². The van der Waals surface area contributed by atoms with E-state index in [1.807, 2.05) is 58.4 Å². The van der Waals surface area contributed by atoms with Crippen LogP contribution in [0.3, 0.4) is 0 Å². The van der Waals surface area contributed by atoms with Crippen LogP contribution in [0.5, 0.6) is 0 Å². The Labute approximate surface area is 159 Å². The number of aromatic nitrogens is 2. The molecule has 4 rings (SSSR count). The molecular formula is C21H16N2O3S. The van der Waals surface area contributed by atoms with Crippen LogP contribution in [0.15, 0.2) is 72.4 Å². The van der Waals surface area contributed by atoms with Crippen LogP contribution in [-0.2, 0) is 16.0 Å². The molecule has 2 aromatic carbocycles. The van der Waals surface area contributed by atoms with Crippen molar-refractivity contribution in [2.24, 2.45) is 0 Å². The Kier molecular flexibility index (Phi) is 4.80. The number of thiazole rings is 1. The number of nitrogens with zero attached hydrogens (tertiary/aromatic N) is 2. The number of carbonyl (C=O) groups is 2. The van der Waals surface area contributed by atoms with E-state index < -0.39 is 5.97 Å². The van der Waals surface area contributed by atoms with Crippen molar-refractivity contribution in [3.8, 4) is 11.1 Å². The van der Waals surface area contributed by atoms with E-state index in [0.717, 1.165) is 16.1 Å². The van der Waals surface area contributed by atoms with Gasteiger partial charge in [0.05, 0.1) is 12.1 Å². The van der Waals surface area contributed by atoms with Crippen LogP contribution in [0.25, 0.3) is 16.1 Å². The van der Waals surface area contributed by atoms with Gasteiger partial charge in [-0.15, -0.1) is 11.3 Å². The molecule has 0 spiro atoms. The Morgan fingerprint density at radius 2 is 1.74 bits per heavy atom. The molecule has 0 saturated heterocycles. The van der Waals surface area contributed by atoms with Gasteiger partial charge in [0, 0.05) is 23.3 Å². The van der Waals surface area contributed by atoms with Crippen LogP contribution in [0, 0.1) is 0 Å². The summed E-state index contributed by atoms with van der Waals surface area (Å²) < 4.78 is 6.97. The standard InChI is InChI=1S/C21H16N2O3S/c24-19(17-8-6-16(7-9-17)15-4-2-1-3-5-15)14-26-20(25)12-18-13-23-10-11-27-21(23)22-18/h1-11,13H,12,14H2. The van der Waals surface area contributed by atoms with E-state index >= 15 is 0 Å². The second kappa shape index (κ2) is 7.55. The summed E-state index contributed by atoms with van der Waals surface area (Å²) in [6.07, 6.45) is 3.72. The molecule has 0 radical (unpaired) electrons. The van der Waals surface area contributed by atoms with Gasteiger partial charge >= 0.3 is 5.97 Å². The van der Waals surface area contributed by atoms with Crippen LogP contribution in [0.1, 0.15) is 16.1 Å². The number of Topliss-reactive ketones (excluding diaryl/α,β-unsaturated/α-hetero) is 1. The molecule has 4 aromatic rings. The fraction of sp³-hybridized carbons (Fsp3) is 0.0952. The highest BCUT2D eigenvalue weighted by Gasteiger charge is 2.13. The molecule has 0 bridgehead atoms. The number of esters is 1. The van der Waals surface area contributed by atoms with E-state index in [-0.39, 0.29) is 18.8 Å². The molecule has 134 valence electrons. The summed E-state index contributed by atoms with van der Waals surface area (Å²) in [6.45, 7) is -0.272. The Morgan fingerprint density at radius 1 is 1.00 bits per heavy atom. The Hall–Kier alpha value is -3.25. The Morgan fingerprint density at radius 3 is 2.48 bits per heavy atom. The maximum absolute atomic E-state index is 12.3. The molecule has 0 aliphatic rings. The maximum atomic E-state index is 12.3. The van der Waals surface area contributed by atoms with Crippen molar-refractivity contribution in [1.29, 1.82) is 0 Å². The average molecular weight is 376 g/mol. The average Bonchev–Trinajstić information content (AvgIpc) is 3.28. The molecule has 0 amide bonds. The van der Waals surface area contributed by atoms with Gasteiger partial charge in [-0.05, 0) is 11.1 Å². The molecule has 6 heteroatoms. The van der Waals surface area contributed by atoms with Crippen LogP contribution < -0.4 is 0 Å². The molecule has 0 atom stereocenters. The van der Waals surface area contributed by atoms with Gasteiger partial charge in [0.15, 0.2) is 17.4 Å². The molecule has 0 aliphatic heterocycles. The summed E-state index contributed by atoms with van der Waals surface area (Å²) in [5.41, 5.74) is 3.27. The van der Waals surface area contributed by atoms with Crippen molar-refractivity contribution < 1.29 is 14.3 Å². The zero-order valence-corrected chi connectivity index (χ0v) is 15.2. The third kappa shape index (κ3) is 3.96. The van der Waals surface area contributed by atoms with Gasteiger partial charge in [-0.1, -0.05) is 54.6 Å². The van der Waals surface area contributed by atoms with E-state index in [1.165, 1.54) is 11.3 Å². The fourth-order valence-corrected chi connectivity index (χ4v) is 3.49. The summed E-state index contributed by atoms with van der Waals surface area (Å²) in [4.78, 5) is 29.4. The first-order valence-electron chi connectivity index (χ1n) is 8.44. The van der Waals surface area contributed by atoms with Gasteiger partial charge < -0.3 is 4.74 Å². The summed E-state index contributed by atoms with van der Waals surface area (Å²) in [5, 5.41) is 1.92. The minimum atomic E-state index is -0.463. The van der Waals surface area contributed by atoms with Crippen LogP contribution in [-0.4, -0.2) is 27.7 Å². The number of fused-ring (bicyclic) bond motifs is 1. The van der Waals surface area contributed by atoms with Crippen LogP contribution in [0.2, 0.25) is 0 Å². The first-order chi connectivity index (χ1) is 13.2. The highest BCUT2D eigenvalue weighted by atomic mass is 32.1. The molecule has 5 nitrogen and oxygen atoms in total. The molecular weight excluding hydrogens is 360 g/mol.